The second-order valence-corrected chi connectivity index (χ2v) is 3.85. The molecule has 3 heteroatoms. The summed E-state index contributed by atoms with van der Waals surface area (Å²) >= 11 is 0. The van der Waals surface area contributed by atoms with E-state index in [2.05, 4.69) is 36.0 Å². The van der Waals surface area contributed by atoms with Gasteiger partial charge >= 0.3 is 21.7 Å². The SMILES string of the molecule is CC1=CC=C[CH]1.C[N-]C.C[N-]C.[C-]#Cc1ccccc1.[Ti+3]. The Bertz CT molecular complexity index is 401. The summed E-state index contributed by atoms with van der Waals surface area (Å²) in [5, 5.41) is 7.00. The Morgan fingerprint density at radius 1 is 0.905 bits per heavy atom. The van der Waals surface area contributed by atoms with Crippen LogP contribution < -0.4 is 0 Å². The van der Waals surface area contributed by atoms with Crippen molar-refractivity contribution < 1.29 is 21.7 Å². The van der Waals surface area contributed by atoms with Crippen LogP contribution in [0, 0.1) is 18.8 Å². The average Bonchev–Trinajstić information content (AvgIpc) is 2.93. The molecule has 0 heterocycles. The van der Waals surface area contributed by atoms with Gasteiger partial charge in [-0.15, -0.1) is 17.7 Å². The predicted octanol–water partition coefficient (Wildman–Crippen LogP) is 4.57. The van der Waals surface area contributed by atoms with E-state index in [0.717, 1.165) is 5.56 Å². The van der Waals surface area contributed by atoms with Gasteiger partial charge in [-0.3, -0.25) is 5.92 Å². The van der Waals surface area contributed by atoms with Crippen molar-refractivity contribution in [1.29, 1.82) is 0 Å². The van der Waals surface area contributed by atoms with Crippen LogP contribution in [-0.4, -0.2) is 28.2 Å². The molecule has 0 spiro atoms. The summed E-state index contributed by atoms with van der Waals surface area (Å²) in [6.07, 6.45) is 14.9. The minimum Gasteiger partial charge on any atom is -0.668 e. The van der Waals surface area contributed by atoms with Gasteiger partial charge in [0.05, 0.1) is 0 Å². The molecular weight excluding hydrogens is 292 g/mol. The van der Waals surface area contributed by atoms with Crippen LogP contribution in [0.25, 0.3) is 10.6 Å². The topological polar surface area (TPSA) is 28.2 Å². The third-order valence-electron chi connectivity index (χ3n) is 1.75. The maximum absolute atomic E-state index is 6.69. The minimum atomic E-state index is 0. The van der Waals surface area contributed by atoms with Crippen LogP contribution >= 0.6 is 0 Å². The molecular formula is C18H24N2Ti. The Labute approximate surface area is 146 Å². The molecule has 21 heavy (non-hydrogen) atoms. The molecule has 0 aliphatic heterocycles. The maximum atomic E-state index is 6.69. The number of allylic oxidation sites excluding steroid dienone is 4. The third-order valence-corrected chi connectivity index (χ3v) is 1.75. The molecule has 0 aromatic heterocycles. The van der Waals surface area contributed by atoms with E-state index >= 15 is 0 Å². The van der Waals surface area contributed by atoms with Crippen molar-refractivity contribution in [3.63, 3.8) is 0 Å². The predicted molar refractivity (Wildman–Crippen MR) is 90.3 cm³/mol. The first kappa shape index (κ1) is 24.9. The van der Waals surface area contributed by atoms with Crippen molar-refractivity contribution >= 4 is 0 Å². The van der Waals surface area contributed by atoms with Gasteiger partial charge in [0.25, 0.3) is 0 Å². The second-order valence-electron chi connectivity index (χ2n) is 3.85. The minimum absolute atomic E-state index is 0. The molecule has 0 N–H and O–H groups in total. The van der Waals surface area contributed by atoms with Crippen LogP contribution in [0.1, 0.15) is 12.5 Å². The van der Waals surface area contributed by atoms with E-state index in [1.54, 1.807) is 28.2 Å². The van der Waals surface area contributed by atoms with Gasteiger partial charge in [0.15, 0.2) is 0 Å². The number of hydrogen-bond donors (Lipinski definition) is 0. The molecule has 110 valence electrons. The third kappa shape index (κ3) is 21.3. The van der Waals surface area contributed by atoms with Gasteiger partial charge in [-0.1, -0.05) is 42.0 Å². The van der Waals surface area contributed by atoms with E-state index in [1.165, 1.54) is 5.57 Å². The van der Waals surface area contributed by atoms with Crippen molar-refractivity contribution in [2.24, 2.45) is 0 Å². The standard InChI is InChI=1S/C8H5.C6H7.2C2H6N.Ti/c1-2-8-6-4-3-5-7-8;1-6-4-2-3-5-6;2*1-3-2;/h3-7H;2-5H,1H3;2*1-2H3;/q-1;;2*-1;+3. The molecule has 0 atom stereocenters. The van der Waals surface area contributed by atoms with Gasteiger partial charge in [0, 0.05) is 6.42 Å². The molecule has 1 aliphatic carbocycles. The molecule has 0 saturated carbocycles. The normalized spacial score (nSPS) is 10.0. The molecule has 2 rings (SSSR count). The average molecular weight is 316 g/mol. The molecule has 0 saturated heterocycles. The van der Waals surface area contributed by atoms with Gasteiger partial charge in [-0.25, -0.2) is 0 Å². The molecule has 1 aromatic rings. The number of nitrogens with zero attached hydrogens (tertiary/aromatic N) is 2. The Kier molecular flexibility index (Phi) is 25.1. The monoisotopic (exact) mass is 316 g/mol. The van der Waals surface area contributed by atoms with Crippen LogP contribution in [0.15, 0.2) is 54.1 Å². The van der Waals surface area contributed by atoms with Crippen molar-refractivity contribution in [1.82, 2.24) is 0 Å². The summed E-state index contributed by atoms with van der Waals surface area (Å²) in [5.74, 6) is 2.28. The molecule has 1 aliphatic rings. The van der Waals surface area contributed by atoms with E-state index in [0.29, 0.717) is 0 Å². The Morgan fingerprint density at radius 3 is 1.57 bits per heavy atom. The van der Waals surface area contributed by atoms with E-state index < -0.39 is 0 Å². The smallest absolute Gasteiger partial charge is 0.668 e. The molecule has 0 fully saturated rings. The van der Waals surface area contributed by atoms with Gasteiger partial charge in [0.2, 0.25) is 0 Å². The van der Waals surface area contributed by atoms with Crippen LogP contribution in [0.3, 0.4) is 0 Å². The number of rotatable bonds is 0. The van der Waals surface area contributed by atoms with Crippen LogP contribution in [-0.2, 0) is 21.7 Å². The largest absolute Gasteiger partial charge is 3.00 e. The molecule has 0 unspecified atom stereocenters. The Morgan fingerprint density at radius 2 is 1.38 bits per heavy atom. The second kappa shape index (κ2) is 21.2. The molecule has 2 nitrogen and oxygen atoms in total. The van der Waals surface area contributed by atoms with E-state index in [1.807, 2.05) is 42.5 Å². The van der Waals surface area contributed by atoms with Crippen LogP contribution in [0.4, 0.5) is 0 Å². The molecule has 0 amide bonds. The quantitative estimate of drug-likeness (QED) is 0.381. The van der Waals surface area contributed by atoms with Crippen LogP contribution in [0.5, 0.6) is 0 Å². The van der Waals surface area contributed by atoms with E-state index in [4.69, 9.17) is 6.42 Å². The Balaban J connectivity index is -0.000000223. The zero-order chi connectivity index (χ0) is 15.6. The Hall–Kier alpha value is -1.11. The van der Waals surface area contributed by atoms with E-state index in [-0.39, 0.29) is 21.7 Å². The van der Waals surface area contributed by atoms with E-state index in [9.17, 15) is 0 Å². The summed E-state index contributed by atoms with van der Waals surface area (Å²) in [7, 11) is 7.00. The molecule has 1 aromatic carbocycles. The summed E-state index contributed by atoms with van der Waals surface area (Å²) in [6, 6.07) is 9.37. The van der Waals surface area contributed by atoms with Crippen molar-refractivity contribution in [3.05, 3.63) is 83.2 Å². The van der Waals surface area contributed by atoms with Crippen molar-refractivity contribution in [2.45, 2.75) is 6.92 Å². The fourth-order valence-corrected chi connectivity index (χ4v) is 0.992. The van der Waals surface area contributed by atoms with Gasteiger partial charge in [-0.05, 0) is 6.92 Å². The maximum Gasteiger partial charge on any atom is 3.00 e. The zero-order valence-corrected chi connectivity index (χ0v) is 15.2. The number of hydrogen-bond acceptors (Lipinski definition) is 0. The fraction of sp³-hybridized carbons (Fsp3) is 0.278. The summed E-state index contributed by atoms with van der Waals surface area (Å²) in [4.78, 5) is 0. The first-order valence-electron chi connectivity index (χ1n) is 6.28. The number of benzene rings is 1. The summed E-state index contributed by atoms with van der Waals surface area (Å²) in [5.41, 5.74) is 2.17. The zero-order valence-electron chi connectivity index (χ0n) is 13.6. The molecule has 0 bridgehead atoms. The fourth-order valence-electron chi connectivity index (χ4n) is 0.992. The first-order chi connectivity index (χ1) is 9.65. The molecule has 2 radical (unpaired) electrons. The first-order valence-corrected chi connectivity index (χ1v) is 6.28. The summed E-state index contributed by atoms with van der Waals surface area (Å²) in [6.45, 7) is 2.08. The van der Waals surface area contributed by atoms with Gasteiger partial charge in [-0.2, -0.15) is 28.2 Å². The van der Waals surface area contributed by atoms with Crippen LogP contribution in [0.2, 0.25) is 0 Å². The summed E-state index contributed by atoms with van der Waals surface area (Å²) < 4.78 is 0. The van der Waals surface area contributed by atoms with Gasteiger partial charge in [0.1, 0.15) is 0 Å². The van der Waals surface area contributed by atoms with Gasteiger partial charge < -0.3 is 17.1 Å². The van der Waals surface area contributed by atoms with Crippen molar-refractivity contribution in [3.8, 4) is 5.92 Å². The van der Waals surface area contributed by atoms with Crippen molar-refractivity contribution in [2.75, 3.05) is 28.2 Å².